The Morgan fingerprint density at radius 1 is 0.818 bits per heavy atom. The molecule has 1 aliphatic heterocycles. The molecule has 176 valence electrons. The van der Waals surface area contributed by atoms with E-state index in [1.807, 2.05) is 35.5 Å². The van der Waals surface area contributed by atoms with E-state index in [0.717, 1.165) is 6.42 Å². The summed E-state index contributed by atoms with van der Waals surface area (Å²) in [6, 6.07) is 19.4. The number of rotatable bonds is 0. The van der Waals surface area contributed by atoms with Crippen molar-refractivity contribution in [3.8, 4) is 0 Å². The third-order valence-electron chi connectivity index (χ3n) is 5.98. The van der Waals surface area contributed by atoms with Crippen LogP contribution in [0.3, 0.4) is 0 Å². The van der Waals surface area contributed by atoms with Crippen LogP contribution in [0.1, 0.15) is 65.5 Å². The van der Waals surface area contributed by atoms with Gasteiger partial charge in [0.2, 0.25) is 0 Å². The Bertz CT molecular complexity index is 1040. The maximum absolute atomic E-state index is 2.99. The Morgan fingerprint density at radius 3 is 1.52 bits per heavy atom. The van der Waals surface area contributed by atoms with Gasteiger partial charge in [-0.15, -0.1) is 46.2 Å². The van der Waals surface area contributed by atoms with Crippen LogP contribution in [-0.4, -0.2) is 5.43 Å². The third-order valence-corrected chi connectivity index (χ3v) is 11.6. The summed E-state index contributed by atoms with van der Waals surface area (Å²) in [5, 5.41) is 5.48. The van der Waals surface area contributed by atoms with Crippen molar-refractivity contribution in [1.82, 2.24) is 0 Å². The zero-order valence-corrected chi connectivity index (χ0v) is 25.8. The van der Waals surface area contributed by atoms with Gasteiger partial charge in [0.25, 0.3) is 0 Å². The average molecular weight is 575 g/mol. The summed E-state index contributed by atoms with van der Waals surface area (Å²) in [6.45, 7) is 13.6. The molecular formula is C29H36Cl2SiZr-2. The van der Waals surface area contributed by atoms with Crippen molar-refractivity contribution in [3.05, 3.63) is 77.9 Å². The van der Waals surface area contributed by atoms with Gasteiger partial charge in [-0.3, -0.25) is 6.08 Å². The second-order valence-electron chi connectivity index (χ2n) is 10.7. The van der Waals surface area contributed by atoms with Crippen LogP contribution in [0, 0.1) is 6.08 Å². The second kappa shape index (κ2) is 13.0. The molecule has 0 aromatic heterocycles. The first kappa shape index (κ1) is 30.5. The number of halogens is 2. The number of hydrogen-bond acceptors (Lipinski definition) is 0. The van der Waals surface area contributed by atoms with Crippen molar-refractivity contribution in [1.29, 1.82) is 0 Å². The quantitative estimate of drug-likeness (QED) is 0.286. The van der Waals surface area contributed by atoms with Gasteiger partial charge >= 0.3 is 47.3 Å². The summed E-state index contributed by atoms with van der Waals surface area (Å²) < 4.78 is 0. The number of allylic oxidation sites excluding steroid dienone is 4. The fourth-order valence-corrected chi connectivity index (χ4v) is 6.96. The summed E-state index contributed by atoms with van der Waals surface area (Å²) >= 11 is 1.86. The predicted molar refractivity (Wildman–Crippen MR) is 136 cm³/mol. The molecule has 5 rings (SSSR count). The van der Waals surface area contributed by atoms with Gasteiger partial charge in [-0.05, 0) is 10.8 Å². The van der Waals surface area contributed by atoms with Crippen LogP contribution in [-0.2, 0) is 34.2 Å². The molecule has 1 saturated heterocycles. The minimum atomic E-state index is 0. The van der Waals surface area contributed by atoms with Crippen LogP contribution in [0.5, 0.6) is 0 Å². The standard InChI is InChI=1S/C21H25.C5H5.C3H6Si.2ClH.Zr/c1-20(2,3)16-7-9-18-14(12-16)11-15-13-17(21(4,5)6)8-10-19(15)18;1-2-4-5-3-1;1-2-4-3-1;;;/h7-13H,1-6H3;1-3H,4H2;1-3H2;2*1H;/q2*-1;;;;+2/p-2. The Labute approximate surface area is 228 Å². The van der Waals surface area contributed by atoms with Gasteiger partial charge in [0.05, 0.1) is 0 Å². The minimum absolute atomic E-state index is 0. The molecule has 0 radical (unpaired) electrons. The molecular weight excluding hydrogens is 539 g/mol. The van der Waals surface area contributed by atoms with Gasteiger partial charge in [-0.1, -0.05) is 76.9 Å². The van der Waals surface area contributed by atoms with E-state index in [1.165, 1.54) is 32.7 Å². The molecule has 0 bridgehead atoms. The van der Waals surface area contributed by atoms with Crippen molar-refractivity contribution in [2.45, 2.75) is 77.3 Å². The molecule has 4 heteroatoms. The summed E-state index contributed by atoms with van der Waals surface area (Å²) in [5.41, 5.74) is 3.61. The molecule has 0 atom stereocenters. The Morgan fingerprint density at radius 2 is 1.27 bits per heavy atom. The molecule has 0 unspecified atom stereocenters. The predicted octanol–water partition coefficient (Wildman–Crippen LogP) is 2.55. The van der Waals surface area contributed by atoms with Crippen LogP contribution in [0.25, 0.3) is 21.5 Å². The molecule has 2 aliphatic rings. The van der Waals surface area contributed by atoms with E-state index in [-0.39, 0.29) is 35.6 Å². The zero-order valence-electron chi connectivity index (χ0n) is 20.9. The molecule has 33 heavy (non-hydrogen) atoms. The molecule has 3 aromatic rings. The van der Waals surface area contributed by atoms with E-state index in [1.54, 1.807) is 18.5 Å². The van der Waals surface area contributed by atoms with Gasteiger partial charge in [0, 0.05) is 0 Å². The van der Waals surface area contributed by atoms with Gasteiger partial charge in [-0.2, -0.15) is 6.08 Å². The number of hydrogen-bond donors (Lipinski definition) is 0. The summed E-state index contributed by atoms with van der Waals surface area (Å²) in [6.07, 6.45) is 11.6. The van der Waals surface area contributed by atoms with Crippen molar-refractivity contribution in [3.63, 3.8) is 0 Å². The van der Waals surface area contributed by atoms with Crippen LogP contribution in [0.15, 0.2) is 60.7 Å². The Kier molecular flexibility index (Phi) is 12.0. The SMILES string of the molecule is CC(C)(C)c1ccc2c(c1)[cH-]c1cc(C(C)(C)C)ccc12.[C-]1=CC=CC1.[Cl-].[Cl-].[Zr+2]=[Si]1CCC1. The molecule has 0 nitrogen and oxygen atoms in total. The molecule has 1 aliphatic carbocycles. The Balaban J connectivity index is 0.000000375. The van der Waals surface area contributed by atoms with Gasteiger partial charge in [0.15, 0.2) is 0 Å². The van der Waals surface area contributed by atoms with Crippen LogP contribution in [0.4, 0.5) is 0 Å². The molecule has 0 amide bonds. The first-order valence-corrected chi connectivity index (χ1v) is 17.1. The van der Waals surface area contributed by atoms with Crippen LogP contribution < -0.4 is 24.8 Å². The number of benzene rings is 2. The Hall–Kier alpha value is -0.530. The van der Waals surface area contributed by atoms with Crippen molar-refractivity contribution >= 4 is 27.0 Å². The first-order chi connectivity index (χ1) is 14.6. The summed E-state index contributed by atoms with van der Waals surface area (Å²) in [7, 11) is 0. The monoisotopic (exact) mass is 572 g/mol. The summed E-state index contributed by atoms with van der Waals surface area (Å²) in [5.74, 6) is 0. The first-order valence-electron chi connectivity index (χ1n) is 11.5. The number of fused-ring (bicyclic) bond motifs is 3. The van der Waals surface area contributed by atoms with E-state index in [2.05, 4.69) is 96.2 Å². The maximum atomic E-state index is 2.99. The van der Waals surface area contributed by atoms with Crippen molar-refractivity contribution in [2.24, 2.45) is 0 Å². The van der Waals surface area contributed by atoms with E-state index in [9.17, 15) is 0 Å². The fraction of sp³-hybridized carbons (Fsp3) is 0.414. The van der Waals surface area contributed by atoms with Crippen molar-refractivity contribution in [2.75, 3.05) is 0 Å². The molecule has 1 heterocycles. The van der Waals surface area contributed by atoms with Gasteiger partial charge in [-0.25, -0.2) is 12.2 Å². The molecule has 3 aromatic carbocycles. The molecule has 0 saturated carbocycles. The molecule has 0 N–H and O–H groups in total. The topological polar surface area (TPSA) is 0 Å². The van der Waals surface area contributed by atoms with Crippen LogP contribution in [0.2, 0.25) is 12.1 Å². The van der Waals surface area contributed by atoms with Crippen LogP contribution >= 0.6 is 0 Å². The normalized spacial score (nSPS) is 14.5. The van der Waals surface area contributed by atoms with Crippen molar-refractivity contribution < 1.29 is 48.1 Å². The summed E-state index contributed by atoms with van der Waals surface area (Å²) in [4.78, 5) is 0. The molecule has 1 fully saturated rings. The fourth-order valence-electron chi connectivity index (χ4n) is 3.65. The van der Waals surface area contributed by atoms with E-state index in [0.29, 0.717) is 5.43 Å². The van der Waals surface area contributed by atoms with Gasteiger partial charge in [0.1, 0.15) is 0 Å². The van der Waals surface area contributed by atoms with E-state index in [4.69, 9.17) is 0 Å². The molecule has 0 spiro atoms. The zero-order chi connectivity index (χ0) is 22.6. The van der Waals surface area contributed by atoms with Gasteiger partial charge < -0.3 is 24.8 Å². The van der Waals surface area contributed by atoms with E-state index < -0.39 is 0 Å². The van der Waals surface area contributed by atoms with E-state index >= 15 is 0 Å². The third kappa shape index (κ3) is 8.57. The average Bonchev–Trinajstić information content (AvgIpc) is 3.35. The second-order valence-corrected chi connectivity index (χ2v) is 18.1.